The van der Waals surface area contributed by atoms with Crippen molar-refractivity contribution in [3.63, 3.8) is 0 Å². The summed E-state index contributed by atoms with van der Waals surface area (Å²) < 4.78 is 1.70. The highest BCUT2D eigenvalue weighted by atomic mass is 16.1. The molecule has 0 saturated heterocycles. The Balaban J connectivity index is 2.49. The first-order chi connectivity index (χ1) is 5.79. The lowest BCUT2D eigenvalue weighted by atomic mass is 10.1. The lowest BCUT2D eigenvalue weighted by Crippen LogP contribution is -2.06. The first-order valence-electron chi connectivity index (χ1n) is 4.33. The molecular weight excluding hydrogens is 152 g/mol. The Bertz CT molecular complexity index is 314. The first kappa shape index (κ1) is 7.53. The summed E-state index contributed by atoms with van der Waals surface area (Å²) in [5.74, 6) is 0.252. The summed E-state index contributed by atoms with van der Waals surface area (Å²) in [6.07, 6.45) is 5.65. The molecule has 3 heteroatoms. The quantitative estimate of drug-likeness (QED) is 0.542. The molecule has 0 aliphatic heterocycles. The number of rotatable bonds is 0. The molecule has 1 heterocycles. The highest BCUT2D eigenvalue weighted by Gasteiger charge is 2.18. The van der Waals surface area contributed by atoms with E-state index in [9.17, 15) is 4.79 Å². The van der Waals surface area contributed by atoms with Crippen molar-refractivity contribution >= 4 is 5.78 Å². The van der Waals surface area contributed by atoms with Gasteiger partial charge in [0.05, 0.1) is 6.20 Å². The number of ketones is 1. The van der Waals surface area contributed by atoms with Crippen molar-refractivity contribution in [3.05, 3.63) is 17.5 Å². The molecule has 3 nitrogen and oxygen atoms in total. The Morgan fingerprint density at radius 2 is 2.17 bits per heavy atom. The summed E-state index contributed by atoms with van der Waals surface area (Å²) in [5, 5.41) is 4.09. The lowest BCUT2D eigenvalue weighted by Gasteiger charge is -1.98. The number of carbonyl (C=O) groups is 1. The molecule has 1 aromatic rings. The summed E-state index contributed by atoms with van der Waals surface area (Å²) in [7, 11) is 1.84. The van der Waals surface area contributed by atoms with Gasteiger partial charge >= 0.3 is 0 Å². The summed E-state index contributed by atoms with van der Waals surface area (Å²) >= 11 is 0. The largest absolute Gasteiger partial charge is 0.292 e. The van der Waals surface area contributed by atoms with E-state index in [1.54, 1.807) is 4.68 Å². The van der Waals surface area contributed by atoms with Crippen LogP contribution in [0.15, 0.2) is 6.20 Å². The first-order valence-corrected chi connectivity index (χ1v) is 4.33. The Kier molecular flexibility index (Phi) is 1.71. The number of aromatic nitrogens is 2. The molecule has 0 saturated carbocycles. The third-order valence-corrected chi connectivity index (χ3v) is 2.38. The minimum absolute atomic E-state index is 0.252. The predicted molar refractivity (Wildman–Crippen MR) is 45.1 cm³/mol. The molecule has 1 aromatic heterocycles. The van der Waals surface area contributed by atoms with Crippen LogP contribution >= 0.6 is 0 Å². The van der Waals surface area contributed by atoms with E-state index in [0.29, 0.717) is 6.42 Å². The summed E-state index contributed by atoms with van der Waals surface area (Å²) in [6.45, 7) is 0. The molecule has 1 aliphatic carbocycles. The van der Waals surface area contributed by atoms with E-state index >= 15 is 0 Å². The lowest BCUT2D eigenvalue weighted by molar-refractivity contribution is 0.0973. The summed E-state index contributed by atoms with van der Waals surface area (Å²) in [6, 6.07) is 0. The number of hydrogen-bond acceptors (Lipinski definition) is 2. The smallest absolute Gasteiger partial charge is 0.181 e. The number of hydrogen-bond donors (Lipinski definition) is 0. The van der Waals surface area contributed by atoms with Crippen molar-refractivity contribution in [1.82, 2.24) is 9.78 Å². The van der Waals surface area contributed by atoms with Gasteiger partial charge in [0.15, 0.2) is 5.78 Å². The number of fused-ring (bicyclic) bond motifs is 1. The standard InChI is InChI=1S/C9H12N2O/c1-11-9-7(6-10-11)4-2-3-5-8(9)12/h6H,2-5H2,1H3. The van der Waals surface area contributed by atoms with Crippen LogP contribution in [-0.4, -0.2) is 15.6 Å². The maximum Gasteiger partial charge on any atom is 0.181 e. The van der Waals surface area contributed by atoms with Gasteiger partial charge in [0.1, 0.15) is 5.69 Å². The van der Waals surface area contributed by atoms with Crippen LogP contribution in [0.4, 0.5) is 0 Å². The minimum atomic E-state index is 0.252. The predicted octanol–water partition coefficient (Wildman–Crippen LogP) is 1.33. The van der Waals surface area contributed by atoms with Crippen LogP contribution in [0.2, 0.25) is 0 Å². The van der Waals surface area contributed by atoms with Gasteiger partial charge in [-0.3, -0.25) is 9.48 Å². The zero-order valence-electron chi connectivity index (χ0n) is 7.21. The van der Waals surface area contributed by atoms with Crippen molar-refractivity contribution in [2.45, 2.75) is 25.7 Å². The van der Waals surface area contributed by atoms with Gasteiger partial charge in [0.25, 0.3) is 0 Å². The normalized spacial score (nSPS) is 17.2. The van der Waals surface area contributed by atoms with Crippen LogP contribution in [-0.2, 0) is 13.5 Å². The molecule has 1 aliphatic rings. The number of aryl methyl sites for hydroxylation is 2. The van der Waals surface area contributed by atoms with Gasteiger partial charge in [0.2, 0.25) is 0 Å². The zero-order chi connectivity index (χ0) is 8.55. The number of nitrogens with zero attached hydrogens (tertiary/aromatic N) is 2. The van der Waals surface area contributed by atoms with Gasteiger partial charge in [-0.05, 0) is 19.3 Å². The molecule has 12 heavy (non-hydrogen) atoms. The molecule has 0 bridgehead atoms. The Morgan fingerprint density at radius 1 is 1.42 bits per heavy atom. The zero-order valence-corrected chi connectivity index (χ0v) is 7.21. The van der Waals surface area contributed by atoms with Crippen LogP contribution in [0, 0.1) is 0 Å². The van der Waals surface area contributed by atoms with Gasteiger partial charge in [-0.1, -0.05) is 0 Å². The van der Waals surface area contributed by atoms with Gasteiger partial charge in [0, 0.05) is 19.0 Å². The van der Waals surface area contributed by atoms with Crippen LogP contribution in [0.3, 0.4) is 0 Å². The molecule has 0 spiro atoms. The van der Waals surface area contributed by atoms with E-state index in [-0.39, 0.29) is 5.78 Å². The van der Waals surface area contributed by atoms with E-state index in [0.717, 1.165) is 30.5 Å². The van der Waals surface area contributed by atoms with E-state index in [2.05, 4.69) is 5.10 Å². The van der Waals surface area contributed by atoms with Crippen molar-refractivity contribution in [2.24, 2.45) is 7.05 Å². The molecule has 0 atom stereocenters. The van der Waals surface area contributed by atoms with Gasteiger partial charge in [-0.2, -0.15) is 5.10 Å². The van der Waals surface area contributed by atoms with Crippen LogP contribution < -0.4 is 0 Å². The fourth-order valence-corrected chi connectivity index (χ4v) is 1.74. The topological polar surface area (TPSA) is 34.9 Å². The molecule has 2 rings (SSSR count). The molecule has 0 N–H and O–H groups in total. The summed E-state index contributed by atoms with van der Waals surface area (Å²) in [4.78, 5) is 11.5. The average Bonchev–Trinajstić information content (AvgIpc) is 2.29. The third-order valence-electron chi connectivity index (χ3n) is 2.38. The van der Waals surface area contributed by atoms with Crippen molar-refractivity contribution in [2.75, 3.05) is 0 Å². The van der Waals surface area contributed by atoms with Crippen LogP contribution in [0.5, 0.6) is 0 Å². The van der Waals surface area contributed by atoms with Crippen molar-refractivity contribution in [3.8, 4) is 0 Å². The van der Waals surface area contributed by atoms with Crippen LogP contribution in [0.25, 0.3) is 0 Å². The molecule has 0 aromatic carbocycles. The molecule has 0 unspecified atom stereocenters. The SMILES string of the molecule is Cn1ncc2c1C(=O)CCCC2. The monoisotopic (exact) mass is 164 g/mol. The molecule has 64 valence electrons. The fraction of sp³-hybridized carbons (Fsp3) is 0.556. The van der Waals surface area contributed by atoms with E-state index in [1.807, 2.05) is 13.2 Å². The van der Waals surface area contributed by atoms with Crippen molar-refractivity contribution in [1.29, 1.82) is 0 Å². The van der Waals surface area contributed by atoms with Gasteiger partial charge < -0.3 is 0 Å². The van der Waals surface area contributed by atoms with Gasteiger partial charge in [-0.25, -0.2) is 0 Å². The maximum atomic E-state index is 11.5. The third kappa shape index (κ3) is 1.05. The van der Waals surface area contributed by atoms with Crippen LogP contribution in [0.1, 0.15) is 35.3 Å². The van der Waals surface area contributed by atoms with Crippen molar-refractivity contribution < 1.29 is 4.79 Å². The Morgan fingerprint density at radius 3 is 3.00 bits per heavy atom. The average molecular weight is 164 g/mol. The van der Waals surface area contributed by atoms with E-state index < -0.39 is 0 Å². The number of Topliss-reactive ketones (excluding diaryl/α,β-unsaturated/α-hetero) is 1. The molecule has 0 amide bonds. The highest BCUT2D eigenvalue weighted by molar-refractivity contribution is 5.96. The second kappa shape index (κ2) is 2.73. The van der Waals surface area contributed by atoms with Gasteiger partial charge in [-0.15, -0.1) is 0 Å². The molecular formula is C9H12N2O. The number of carbonyl (C=O) groups excluding carboxylic acids is 1. The summed E-state index contributed by atoms with van der Waals surface area (Å²) in [5.41, 5.74) is 1.95. The highest BCUT2D eigenvalue weighted by Crippen LogP contribution is 2.19. The molecule has 0 fully saturated rings. The fourth-order valence-electron chi connectivity index (χ4n) is 1.74. The second-order valence-corrected chi connectivity index (χ2v) is 3.27. The van der Waals surface area contributed by atoms with E-state index in [4.69, 9.17) is 0 Å². The Labute approximate surface area is 71.4 Å². The minimum Gasteiger partial charge on any atom is -0.292 e. The maximum absolute atomic E-state index is 11.5. The Hall–Kier alpha value is -1.12. The second-order valence-electron chi connectivity index (χ2n) is 3.27. The molecule has 0 radical (unpaired) electrons. The van der Waals surface area contributed by atoms with E-state index in [1.165, 1.54) is 0 Å².